The maximum atomic E-state index is 5.67. The molecule has 0 N–H and O–H groups in total. The van der Waals surface area contributed by atoms with E-state index in [1.54, 1.807) is 0 Å². The van der Waals surface area contributed by atoms with Crippen molar-refractivity contribution in [2.24, 2.45) is 0 Å². The zero-order valence-corrected chi connectivity index (χ0v) is 29.3. The number of benzene rings is 8. The smallest absolute Gasteiger partial charge is 0.235 e. The van der Waals surface area contributed by atoms with Crippen LogP contribution >= 0.6 is 11.3 Å². The predicted octanol–water partition coefficient (Wildman–Crippen LogP) is 13.0. The minimum atomic E-state index is -0.494. The van der Waals surface area contributed by atoms with Gasteiger partial charge in [-0.2, -0.15) is 0 Å². The summed E-state index contributed by atoms with van der Waals surface area (Å²) in [5.74, 6) is 0.665. The topological polar surface area (TPSA) is 29.0 Å². The van der Waals surface area contributed by atoms with Gasteiger partial charge in [-0.1, -0.05) is 146 Å². The summed E-state index contributed by atoms with van der Waals surface area (Å²) >= 11 is 1.84. The molecule has 0 radical (unpaired) electrons. The van der Waals surface area contributed by atoms with Crippen LogP contribution < -0.4 is 4.90 Å². The third-order valence-corrected chi connectivity index (χ3v) is 12.6. The molecular formula is C49H29N3S. The van der Waals surface area contributed by atoms with Crippen molar-refractivity contribution in [2.45, 2.75) is 5.41 Å². The lowest BCUT2D eigenvalue weighted by Gasteiger charge is -2.44. The summed E-state index contributed by atoms with van der Waals surface area (Å²) in [6.07, 6.45) is 0. The van der Waals surface area contributed by atoms with Crippen LogP contribution in [0.2, 0.25) is 0 Å². The maximum Gasteiger partial charge on any atom is 0.235 e. The van der Waals surface area contributed by atoms with Crippen LogP contribution in [0, 0.1) is 0 Å². The van der Waals surface area contributed by atoms with E-state index in [-0.39, 0.29) is 0 Å². The number of anilines is 3. The first-order valence-electron chi connectivity index (χ1n) is 18.1. The molecule has 12 rings (SSSR count). The van der Waals surface area contributed by atoms with Gasteiger partial charge < -0.3 is 0 Å². The van der Waals surface area contributed by atoms with Crippen LogP contribution in [0.15, 0.2) is 176 Å². The van der Waals surface area contributed by atoms with Gasteiger partial charge in [0.1, 0.15) is 0 Å². The highest BCUT2D eigenvalue weighted by Gasteiger charge is 2.51. The molecule has 10 aromatic rings. The lowest BCUT2D eigenvalue weighted by Crippen LogP contribution is -2.36. The number of nitrogens with zero attached hydrogens (tertiary/aromatic N) is 3. The van der Waals surface area contributed by atoms with Gasteiger partial charge in [0.05, 0.1) is 28.0 Å². The number of thiophene rings is 1. The van der Waals surface area contributed by atoms with Crippen molar-refractivity contribution in [3.63, 3.8) is 0 Å². The van der Waals surface area contributed by atoms with Gasteiger partial charge in [0.15, 0.2) is 0 Å². The molecule has 0 saturated carbocycles. The maximum absolute atomic E-state index is 5.67. The Hall–Kier alpha value is -6.62. The Morgan fingerprint density at radius 2 is 1.00 bits per heavy atom. The fraction of sp³-hybridized carbons (Fsp3) is 0.0204. The first kappa shape index (κ1) is 29.0. The van der Waals surface area contributed by atoms with E-state index in [1.165, 1.54) is 64.3 Å². The Kier molecular flexibility index (Phi) is 5.86. The molecule has 53 heavy (non-hydrogen) atoms. The first-order valence-corrected chi connectivity index (χ1v) is 18.9. The third-order valence-electron chi connectivity index (χ3n) is 11.5. The number of hydrogen-bond donors (Lipinski definition) is 0. The summed E-state index contributed by atoms with van der Waals surface area (Å²) in [7, 11) is 0. The molecule has 4 heteroatoms. The molecule has 1 aliphatic carbocycles. The monoisotopic (exact) mass is 691 g/mol. The second-order valence-corrected chi connectivity index (χ2v) is 15.1. The number of para-hydroxylation sites is 2. The predicted molar refractivity (Wildman–Crippen MR) is 221 cm³/mol. The lowest BCUT2D eigenvalue weighted by molar-refractivity contribution is 0.750. The molecule has 246 valence electrons. The van der Waals surface area contributed by atoms with E-state index >= 15 is 0 Å². The third kappa shape index (κ3) is 3.78. The van der Waals surface area contributed by atoms with Gasteiger partial charge >= 0.3 is 0 Å². The standard InChI is InChI=1S/C49H29N3S/c1-2-15-31(16-3-1)46-35-27-29-43-45(44-32-17-5-4-14-30(32)26-28-42(44)53-43)47(35)51-48(50-46)52-40-24-12-10-22-38(40)49(39-23-11-13-25-41(39)52)36-20-8-6-18-33(36)34-19-7-9-21-37(34)49/h1-29H. The minimum absolute atomic E-state index is 0.494. The van der Waals surface area contributed by atoms with Crippen molar-refractivity contribution in [3.05, 3.63) is 198 Å². The van der Waals surface area contributed by atoms with Crippen LogP contribution in [0.1, 0.15) is 22.3 Å². The Bertz CT molecular complexity index is 3050. The summed E-state index contributed by atoms with van der Waals surface area (Å²) in [5, 5.41) is 5.98. The molecule has 0 amide bonds. The van der Waals surface area contributed by atoms with Crippen molar-refractivity contribution in [1.82, 2.24) is 9.97 Å². The van der Waals surface area contributed by atoms with E-state index in [0.29, 0.717) is 5.95 Å². The molecule has 8 aromatic carbocycles. The zero-order valence-electron chi connectivity index (χ0n) is 28.5. The van der Waals surface area contributed by atoms with E-state index in [2.05, 4.69) is 181 Å². The van der Waals surface area contributed by atoms with Crippen molar-refractivity contribution in [3.8, 4) is 22.4 Å². The quantitative estimate of drug-likeness (QED) is 0.181. The molecule has 3 heterocycles. The second kappa shape index (κ2) is 10.7. The van der Waals surface area contributed by atoms with E-state index in [1.807, 2.05) is 11.3 Å². The first-order chi connectivity index (χ1) is 26.3. The van der Waals surface area contributed by atoms with Gasteiger partial charge in [-0.3, -0.25) is 4.90 Å². The fourth-order valence-electron chi connectivity index (χ4n) is 9.40. The number of fused-ring (bicyclic) bond motifs is 16. The van der Waals surface area contributed by atoms with E-state index < -0.39 is 5.41 Å². The fourth-order valence-corrected chi connectivity index (χ4v) is 10.5. The van der Waals surface area contributed by atoms with Gasteiger partial charge in [0.25, 0.3) is 0 Å². The normalized spacial score (nSPS) is 13.8. The summed E-state index contributed by atoms with van der Waals surface area (Å²) in [4.78, 5) is 13.5. The molecule has 0 unspecified atom stereocenters. The Labute approximate surface area is 310 Å². The van der Waals surface area contributed by atoms with Crippen molar-refractivity contribution in [1.29, 1.82) is 0 Å². The van der Waals surface area contributed by atoms with Crippen molar-refractivity contribution in [2.75, 3.05) is 4.90 Å². The largest absolute Gasteiger partial charge is 0.278 e. The molecule has 0 fully saturated rings. The zero-order chi connectivity index (χ0) is 34.7. The summed E-state index contributed by atoms with van der Waals surface area (Å²) < 4.78 is 2.49. The molecule has 3 nitrogen and oxygen atoms in total. The Morgan fingerprint density at radius 1 is 0.434 bits per heavy atom. The molecule has 2 aliphatic rings. The highest BCUT2D eigenvalue weighted by molar-refractivity contribution is 7.26. The molecule has 0 atom stereocenters. The molecule has 0 saturated heterocycles. The average Bonchev–Trinajstić information content (AvgIpc) is 3.76. The lowest BCUT2D eigenvalue weighted by atomic mass is 9.65. The molecule has 1 aliphatic heterocycles. The Morgan fingerprint density at radius 3 is 1.72 bits per heavy atom. The molecule has 1 spiro atoms. The van der Waals surface area contributed by atoms with E-state index in [0.717, 1.165) is 33.5 Å². The number of aromatic nitrogens is 2. The van der Waals surface area contributed by atoms with Gasteiger partial charge in [0.2, 0.25) is 5.95 Å². The van der Waals surface area contributed by atoms with E-state index in [9.17, 15) is 0 Å². The second-order valence-electron chi connectivity index (χ2n) is 14.0. The molecule has 0 bridgehead atoms. The van der Waals surface area contributed by atoms with Gasteiger partial charge in [-0.05, 0) is 74.5 Å². The van der Waals surface area contributed by atoms with Crippen LogP contribution in [0.5, 0.6) is 0 Å². The van der Waals surface area contributed by atoms with Crippen LogP contribution in [0.3, 0.4) is 0 Å². The van der Waals surface area contributed by atoms with Gasteiger partial charge in [-0.15, -0.1) is 11.3 Å². The highest BCUT2D eigenvalue weighted by atomic mass is 32.1. The highest BCUT2D eigenvalue weighted by Crippen LogP contribution is 2.63. The van der Waals surface area contributed by atoms with Crippen LogP contribution in [-0.2, 0) is 5.41 Å². The van der Waals surface area contributed by atoms with Gasteiger partial charge in [0, 0.05) is 31.1 Å². The van der Waals surface area contributed by atoms with E-state index in [4.69, 9.17) is 9.97 Å². The van der Waals surface area contributed by atoms with Crippen molar-refractivity contribution >= 4 is 70.5 Å². The molecule has 2 aromatic heterocycles. The number of hydrogen-bond acceptors (Lipinski definition) is 4. The Balaban J connectivity index is 1.22. The van der Waals surface area contributed by atoms with Crippen LogP contribution in [-0.4, -0.2) is 9.97 Å². The summed E-state index contributed by atoms with van der Waals surface area (Å²) in [6.45, 7) is 0. The molecular weight excluding hydrogens is 663 g/mol. The van der Waals surface area contributed by atoms with Crippen LogP contribution in [0.4, 0.5) is 17.3 Å². The van der Waals surface area contributed by atoms with Crippen molar-refractivity contribution < 1.29 is 0 Å². The summed E-state index contributed by atoms with van der Waals surface area (Å²) in [5.41, 5.74) is 12.3. The minimum Gasteiger partial charge on any atom is -0.278 e. The SMILES string of the molecule is c1ccc(-c2nc(N3c4ccccc4C4(c5ccccc5-c5ccccc54)c4ccccc43)nc3c2ccc2sc4ccc5ccccc5c4c23)cc1. The summed E-state index contributed by atoms with van der Waals surface area (Å²) in [6, 6.07) is 64.0. The van der Waals surface area contributed by atoms with Gasteiger partial charge in [-0.25, -0.2) is 9.97 Å². The average molecular weight is 692 g/mol. The van der Waals surface area contributed by atoms with Crippen LogP contribution in [0.25, 0.3) is 64.2 Å². The number of rotatable bonds is 2.